The highest BCUT2D eigenvalue weighted by molar-refractivity contribution is 6.36. The van der Waals surface area contributed by atoms with E-state index >= 15 is 0 Å². The molecule has 5 heteroatoms. The molecule has 158 valence electrons. The Hall–Kier alpha value is -3.08. The van der Waals surface area contributed by atoms with Gasteiger partial charge in [0.2, 0.25) is 0 Å². The third kappa shape index (κ3) is 4.56. The predicted molar refractivity (Wildman–Crippen MR) is 120 cm³/mol. The van der Waals surface area contributed by atoms with E-state index in [9.17, 15) is 9.59 Å². The van der Waals surface area contributed by atoms with Gasteiger partial charge in [0.25, 0.3) is 11.8 Å². The number of hydrogen-bond donors (Lipinski definition) is 1. The summed E-state index contributed by atoms with van der Waals surface area (Å²) in [6.45, 7) is 12.4. The Morgan fingerprint density at radius 2 is 1.57 bits per heavy atom. The maximum atomic E-state index is 13.2. The van der Waals surface area contributed by atoms with Crippen LogP contribution in [0.4, 0.5) is 5.69 Å². The summed E-state index contributed by atoms with van der Waals surface area (Å²) < 4.78 is 5.71. The molecule has 0 saturated carbocycles. The molecule has 0 fully saturated rings. The number of anilines is 1. The molecule has 1 aliphatic heterocycles. The van der Waals surface area contributed by atoms with Gasteiger partial charge < -0.3 is 10.1 Å². The number of hydrogen-bond acceptors (Lipinski definition) is 4. The summed E-state index contributed by atoms with van der Waals surface area (Å²) in [6.07, 6.45) is 0.0632. The van der Waals surface area contributed by atoms with Crippen molar-refractivity contribution in [1.82, 2.24) is 4.90 Å². The quantitative estimate of drug-likeness (QED) is 0.662. The fourth-order valence-electron chi connectivity index (χ4n) is 3.43. The number of amides is 2. The molecule has 0 saturated heterocycles. The van der Waals surface area contributed by atoms with Crippen molar-refractivity contribution in [3.8, 4) is 5.75 Å². The molecule has 2 aromatic carbocycles. The standard InChI is InChI=1S/C25H30N2O3/c1-15(2)14-27-24(28)22(19-8-11-21(12-9-19)30-16(3)4)23(25(27)29)26-20-10-7-17(5)18(6)13-20/h7-13,15-16,26H,14H2,1-6H3. The number of ether oxygens (including phenoxy) is 1. The second-order valence-electron chi connectivity index (χ2n) is 8.48. The van der Waals surface area contributed by atoms with Crippen LogP contribution in [0.2, 0.25) is 0 Å². The number of carbonyl (C=O) groups excluding carboxylic acids is 2. The number of carbonyl (C=O) groups is 2. The number of imide groups is 1. The smallest absolute Gasteiger partial charge is 0.278 e. The minimum Gasteiger partial charge on any atom is -0.491 e. The van der Waals surface area contributed by atoms with E-state index in [1.165, 1.54) is 10.5 Å². The number of rotatable bonds is 7. The maximum Gasteiger partial charge on any atom is 0.278 e. The Morgan fingerprint density at radius 3 is 2.13 bits per heavy atom. The van der Waals surface area contributed by atoms with Gasteiger partial charge in [-0.25, -0.2) is 0 Å². The Kier molecular flexibility index (Phi) is 6.30. The summed E-state index contributed by atoms with van der Waals surface area (Å²) in [7, 11) is 0. The maximum absolute atomic E-state index is 13.2. The predicted octanol–water partition coefficient (Wildman–Crippen LogP) is 4.94. The number of aryl methyl sites for hydroxylation is 2. The Labute approximate surface area is 178 Å². The van der Waals surface area contributed by atoms with Crippen molar-refractivity contribution in [3.05, 3.63) is 64.9 Å². The number of nitrogens with one attached hydrogen (secondary N) is 1. The van der Waals surface area contributed by atoms with Gasteiger partial charge in [0.15, 0.2) is 0 Å². The van der Waals surface area contributed by atoms with Crippen LogP contribution in [0, 0.1) is 19.8 Å². The van der Waals surface area contributed by atoms with Crippen molar-refractivity contribution in [2.24, 2.45) is 5.92 Å². The van der Waals surface area contributed by atoms with Gasteiger partial charge in [0.1, 0.15) is 11.4 Å². The molecule has 2 aromatic rings. The van der Waals surface area contributed by atoms with Crippen LogP contribution in [-0.4, -0.2) is 29.4 Å². The highest BCUT2D eigenvalue weighted by Crippen LogP contribution is 2.32. The lowest BCUT2D eigenvalue weighted by molar-refractivity contribution is -0.137. The van der Waals surface area contributed by atoms with Crippen LogP contribution in [-0.2, 0) is 9.59 Å². The lowest BCUT2D eigenvalue weighted by Crippen LogP contribution is -2.35. The van der Waals surface area contributed by atoms with Crippen LogP contribution in [0.25, 0.3) is 5.57 Å². The molecule has 0 spiro atoms. The molecule has 0 aliphatic carbocycles. The highest BCUT2D eigenvalue weighted by Gasteiger charge is 2.39. The topological polar surface area (TPSA) is 58.6 Å². The molecule has 1 N–H and O–H groups in total. The van der Waals surface area contributed by atoms with Crippen LogP contribution >= 0.6 is 0 Å². The van der Waals surface area contributed by atoms with E-state index < -0.39 is 0 Å². The highest BCUT2D eigenvalue weighted by atomic mass is 16.5. The summed E-state index contributed by atoms with van der Waals surface area (Å²) in [4.78, 5) is 27.7. The van der Waals surface area contributed by atoms with Crippen molar-refractivity contribution in [2.75, 3.05) is 11.9 Å². The van der Waals surface area contributed by atoms with Crippen LogP contribution < -0.4 is 10.1 Å². The zero-order valence-electron chi connectivity index (χ0n) is 18.6. The Morgan fingerprint density at radius 1 is 0.900 bits per heavy atom. The second-order valence-corrected chi connectivity index (χ2v) is 8.48. The van der Waals surface area contributed by atoms with Crippen LogP contribution in [0.3, 0.4) is 0 Å². The molecule has 0 aromatic heterocycles. The van der Waals surface area contributed by atoms with Gasteiger partial charge in [-0.2, -0.15) is 0 Å². The first-order valence-electron chi connectivity index (χ1n) is 10.4. The van der Waals surface area contributed by atoms with Crippen LogP contribution in [0.5, 0.6) is 5.75 Å². The molecule has 0 atom stereocenters. The van der Waals surface area contributed by atoms with Crippen molar-refractivity contribution >= 4 is 23.1 Å². The van der Waals surface area contributed by atoms with E-state index in [0.717, 1.165) is 17.0 Å². The minimum atomic E-state index is -0.288. The summed E-state index contributed by atoms with van der Waals surface area (Å²) >= 11 is 0. The molecular weight excluding hydrogens is 376 g/mol. The van der Waals surface area contributed by atoms with Crippen molar-refractivity contribution in [2.45, 2.75) is 47.6 Å². The monoisotopic (exact) mass is 406 g/mol. The summed E-state index contributed by atoms with van der Waals surface area (Å²) in [5, 5.41) is 3.22. The summed E-state index contributed by atoms with van der Waals surface area (Å²) in [5.74, 6) is 0.359. The molecule has 0 unspecified atom stereocenters. The average molecular weight is 407 g/mol. The zero-order valence-corrected chi connectivity index (χ0v) is 18.6. The molecule has 3 rings (SSSR count). The summed E-state index contributed by atoms with van der Waals surface area (Å²) in [6, 6.07) is 13.2. The van der Waals surface area contributed by atoms with E-state index in [-0.39, 0.29) is 23.8 Å². The first-order chi connectivity index (χ1) is 14.2. The SMILES string of the molecule is Cc1ccc(NC2=C(c3ccc(OC(C)C)cc3)C(=O)N(CC(C)C)C2=O)cc1C. The third-order valence-electron chi connectivity index (χ3n) is 5.01. The van der Waals surface area contributed by atoms with E-state index in [4.69, 9.17) is 4.74 Å². The third-order valence-corrected chi connectivity index (χ3v) is 5.01. The van der Waals surface area contributed by atoms with Gasteiger partial charge in [-0.15, -0.1) is 0 Å². The van der Waals surface area contributed by atoms with Gasteiger partial charge in [0.05, 0.1) is 11.7 Å². The van der Waals surface area contributed by atoms with E-state index in [1.807, 2.05) is 84.0 Å². The molecule has 1 aliphatic rings. The second kappa shape index (κ2) is 8.74. The van der Waals surface area contributed by atoms with Crippen LogP contribution in [0.1, 0.15) is 44.4 Å². The molecule has 0 radical (unpaired) electrons. The zero-order chi connectivity index (χ0) is 22.0. The first-order valence-corrected chi connectivity index (χ1v) is 10.4. The number of nitrogens with zero attached hydrogens (tertiary/aromatic N) is 1. The van der Waals surface area contributed by atoms with Gasteiger partial charge >= 0.3 is 0 Å². The lowest BCUT2D eigenvalue weighted by Gasteiger charge is -2.17. The van der Waals surface area contributed by atoms with Crippen molar-refractivity contribution in [1.29, 1.82) is 0 Å². The van der Waals surface area contributed by atoms with Gasteiger partial charge in [-0.05, 0) is 74.6 Å². The fourth-order valence-corrected chi connectivity index (χ4v) is 3.43. The Balaban J connectivity index is 2.02. The molecular formula is C25H30N2O3. The van der Waals surface area contributed by atoms with Gasteiger partial charge in [-0.3, -0.25) is 14.5 Å². The normalized spacial score (nSPS) is 14.3. The molecule has 2 amide bonds. The number of benzene rings is 2. The van der Waals surface area contributed by atoms with E-state index in [2.05, 4.69) is 5.32 Å². The summed E-state index contributed by atoms with van der Waals surface area (Å²) in [5.41, 5.74) is 4.50. The molecule has 5 nitrogen and oxygen atoms in total. The Bertz CT molecular complexity index is 988. The van der Waals surface area contributed by atoms with Crippen LogP contribution in [0.15, 0.2) is 48.2 Å². The molecule has 0 bridgehead atoms. The largest absolute Gasteiger partial charge is 0.491 e. The van der Waals surface area contributed by atoms with Gasteiger partial charge in [-0.1, -0.05) is 32.0 Å². The lowest BCUT2D eigenvalue weighted by atomic mass is 10.0. The van der Waals surface area contributed by atoms with E-state index in [1.54, 1.807) is 0 Å². The average Bonchev–Trinajstić information content (AvgIpc) is 2.89. The first kappa shape index (κ1) is 21.6. The van der Waals surface area contributed by atoms with Gasteiger partial charge in [0, 0.05) is 12.2 Å². The fraction of sp³-hybridized carbons (Fsp3) is 0.360. The van der Waals surface area contributed by atoms with Crippen molar-refractivity contribution in [3.63, 3.8) is 0 Å². The molecule has 30 heavy (non-hydrogen) atoms. The van der Waals surface area contributed by atoms with Crippen molar-refractivity contribution < 1.29 is 14.3 Å². The van der Waals surface area contributed by atoms with E-state index in [0.29, 0.717) is 23.4 Å². The minimum absolute atomic E-state index is 0.0632. The molecule has 1 heterocycles.